The van der Waals surface area contributed by atoms with E-state index in [2.05, 4.69) is 60.6 Å². The van der Waals surface area contributed by atoms with Crippen LogP contribution in [0.3, 0.4) is 0 Å². The van der Waals surface area contributed by atoms with E-state index in [4.69, 9.17) is 4.99 Å². The van der Waals surface area contributed by atoms with Crippen LogP contribution in [0.4, 0.5) is 0 Å². The zero-order valence-electron chi connectivity index (χ0n) is 19.2. The van der Waals surface area contributed by atoms with Crippen molar-refractivity contribution >= 4 is 40.7 Å². The van der Waals surface area contributed by atoms with Crippen molar-refractivity contribution in [1.29, 1.82) is 0 Å². The van der Waals surface area contributed by atoms with Gasteiger partial charge in [-0.1, -0.05) is 51.5 Å². The van der Waals surface area contributed by atoms with Crippen LogP contribution < -0.4 is 10.6 Å². The number of hydrogen-bond donors (Lipinski definition) is 2. The molecule has 3 unspecified atom stereocenters. The van der Waals surface area contributed by atoms with Crippen LogP contribution in [0.5, 0.6) is 0 Å². The van der Waals surface area contributed by atoms with E-state index in [1.54, 1.807) is 0 Å². The van der Waals surface area contributed by atoms with Crippen molar-refractivity contribution in [3.05, 3.63) is 35.4 Å². The van der Waals surface area contributed by atoms with Gasteiger partial charge in [-0.2, -0.15) is 0 Å². The van der Waals surface area contributed by atoms with Gasteiger partial charge >= 0.3 is 0 Å². The second-order valence-corrected chi connectivity index (χ2v) is 9.78. The van der Waals surface area contributed by atoms with Gasteiger partial charge in [-0.25, -0.2) is 4.99 Å². The number of nitrogens with zero attached hydrogens (tertiary/aromatic N) is 2. The van der Waals surface area contributed by atoms with Gasteiger partial charge in [0.05, 0.1) is 6.54 Å². The van der Waals surface area contributed by atoms with Crippen molar-refractivity contribution in [2.24, 2.45) is 4.99 Å². The molecule has 7 heteroatoms. The molecule has 1 aromatic rings. The number of benzene rings is 1. The van der Waals surface area contributed by atoms with Gasteiger partial charge in [-0.05, 0) is 50.4 Å². The molecule has 0 aliphatic heterocycles. The molecule has 0 spiro atoms. The van der Waals surface area contributed by atoms with Gasteiger partial charge in [-0.3, -0.25) is 9.11 Å². The van der Waals surface area contributed by atoms with Gasteiger partial charge in [0.1, 0.15) is 0 Å². The average molecular weight is 549 g/mol. The molecule has 1 fully saturated rings. The lowest BCUT2D eigenvalue weighted by molar-refractivity contribution is 0.296. The Morgan fingerprint density at radius 3 is 2.37 bits per heavy atom. The number of hydrogen-bond acceptors (Lipinski definition) is 3. The highest BCUT2D eigenvalue weighted by atomic mass is 127. The van der Waals surface area contributed by atoms with E-state index >= 15 is 0 Å². The lowest BCUT2D eigenvalue weighted by atomic mass is 9.95. The number of rotatable bonds is 10. The molecule has 0 saturated heterocycles. The molecule has 0 amide bonds. The maximum atomic E-state index is 12.2. The summed E-state index contributed by atoms with van der Waals surface area (Å²) in [6.07, 6.45) is 4.33. The summed E-state index contributed by atoms with van der Waals surface area (Å²) < 4.78 is 12.2. The third-order valence-electron chi connectivity index (χ3n) is 5.71. The van der Waals surface area contributed by atoms with Crippen LogP contribution in [0.2, 0.25) is 0 Å². The Hall–Kier alpha value is -0.670. The lowest BCUT2D eigenvalue weighted by Gasteiger charge is -2.30. The van der Waals surface area contributed by atoms with E-state index in [0.29, 0.717) is 17.8 Å². The first-order valence-electron chi connectivity index (χ1n) is 11.3. The fraction of sp³-hybridized carbons (Fsp3) is 0.696. The first-order chi connectivity index (χ1) is 14.1. The molecule has 30 heavy (non-hydrogen) atoms. The summed E-state index contributed by atoms with van der Waals surface area (Å²) >= 11 is 0. The van der Waals surface area contributed by atoms with Crippen LogP contribution in [-0.2, 0) is 23.9 Å². The third kappa shape index (κ3) is 9.22. The quantitative estimate of drug-likeness (QED) is 0.261. The predicted molar refractivity (Wildman–Crippen MR) is 141 cm³/mol. The molecule has 172 valence electrons. The normalized spacial score (nSPS) is 20.5. The van der Waals surface area contributed by atoms with Gasteiger partial charge in [0.15, 0.2) is 5.96 Å². The van der Waals surface area contributed by atoms with E-state index in [1.807, 2.05) is 6.92 Å². The number of guanidine groups is 1. The maximum Gasteiger partial charge on any atom is 0.191 e. The molecule has 5 nitrogen and oxygen atoms in total. The lowest BCUT2D eigenvalue weighted by Crippen LogP contribution is -2.46. The third-order valence-corrected chi connectivity index (χ3v) is 7.45. The largest absolute Gasteiger partial charge is 0.357 e. The zero-order valence-corrected chi connectivity index (χ0v) is 22.3. The maximum absolute atomic E-state index is 12.2. The summed E-state index contributed by atoms with van der Waals surface area (Å²) in [5.41, 5.74) is 2.57. The van der Waals surface area contributed by atoms with Crippen molar-refractivity contribution in [2.45, 2.75) is 77.8 Å². The monoisotopic (exact) mass is 548 g/mol. The molecule has 1 aromatic carbocycles. The van der Waals surface area contributed by atoms with Crippen molar-refractivity contribution < 1.29 is 4.21 Å². The number of nitrogens with one attached hydrogen (secondary N) is 2. The summed E-state index contributed by atoms with van der Waals surface area (Å²) in [4.78, 5) is 7.22. The molecule has 1 saturated carbocycles. The molecule has 2 N–H and O–H groups in total. The van der Waals surface area contributed by atoms with Crippen LogP contribution >= 0.6 is 24.0 Å². The summed E-state index contributed by atoms with van der Waals surface area (Å²) in [6.45, 7) is 13.2. The van der Waals surface area contributed by atoms with E-state index in [-0.39, 0.29) is 24.0 Å². The summed E-state index contributed by atoms with van der Waals surface area (Å²) in [6, 6.07) is 9.17. The van der Waals surface area contributed by atoms with Crippen LogP contribution in [0.15, 0.2) is 29.3 Å². The molecular formula is C23H41IN4OS. The van der Waals surface area contributed by atoms with Gasteiger partial charge in [-0.15, -0.1) is 24.0 Å². The SMILES string of the molecule is CCNC(=NCc1ccc(CN(CC)CC)cc1)NC1CCCC(S(=O)CC)C1.I. The highest BCUT2D eigenvalue weighted by Gasteiger charge is 2.26. The molecule has 0 aromatic heterocycles. The molecule has 3 atom stereocenters. The van der Waals surface area contributed by atoms with Gasteiger partial charge in [0.25, 0.3) is 0 Å². The minimum atomic E-state index is -0.698. The number of halogens is 1. The fourth-order valence-electron chi connectivity index (χ4n) is 3.89. The Morgan fingerprint density at radius 1 is 1.10 bits per heavy atom. The molecular weight excluding hydrogens is 507 g/mol. The van der Waals surface area contributed by atoms with Gasteiger partial charge < -0.3 is 10.6 Å². The average Bonchev–Trinajstić information content (AvgIpc) is 2.76. The topological polar surface area (TPSA) is 56.7 Å². The summed E-state index contributed by atoms with van der Waals surface area (Å²) in [5, 5.41) is 7.28. The smallest absolute Gasteiger partial charge is 0.191 e. The van der Waals surface area contributed by atoms with Gasteiger partial charge in [0, 0.05) is 40.9 Å². The van der Waals surface area contributed by atoms with Crippen molar-refractivity contribution in [1.82, 2.24) is 15.5 Å². The van der Waals surface area contributed by atoms with Crippen molar-refractivity contribution in [2.75, 3.05) is 25.4 Å². The van der Waals surface area contributed by atoms with E-state index < -0.39 is 10.8 Å². The second kappa shape index (κ2) is 15.2. The highest BCUT2D eigenvalue weighted by molar-refractivity contribution is 14.0. The molecule has 1 aliphatic rings. The van der Waals surface area contributed by atoms with Crippen LogP contribution in [0.1, 0.15) is 64.5 Å². The first kappa shape index (κ1) is 27.4. The minimum absolute atomic E-state index is 0. The van der Waals surface area contributed by atoms with Crippen LogP contribution in [0.25, 0.3) is 0 Å². The van der Waals surface area contributed by atoms with Crippen LogP contribution in [-0.4, -0.2) is 51.7 Å². The molecule has 0 radical (unpaired) electrons. The molecule has 2 rings (SSSR count). The fourth-order valence-corrected chi connectivity index (χ4v) is 5.24. The van der Waals surface area contributed by atoms with E-state index in [1.165, 1.54) is 11.1 Å². The predicted octanol–water partition coefficient (Wildman–Crippen LogP) is 4.28. The summed E-state index contributed by atoms with van der Waals surface area (Å²) in [5.74, 6) is 1.63. The molecule has 0 bridgehead atoms. The minimum Gasteiger partial charge on any atom is -0.357 e. The highest BCUT2D eigenvalue weighted by Crippen LogP contribution is 2.23. The Labute approximate surface area is 203 Å². The Balaban J connectivity index is 0.00000450. The number of aliphatic imine (C=N–C) groups is 1. The Morgan fingerprint density at radius 2 is 1.77 bits per heavy atom. The standard InChI is InChI=1S/C23H40N4OS.HI/c1-5-24-23(26-21-10-9-11-22(16-21)29(28)8-4)25-17-19-12-14-20(15-13-19)18-27(6-2)7-3;/h12-15,21-22H,5-11,16-18H2,1-4H3,(H2,24,25,26);1H. The van der Waals surface area contributed by atoms with Gasteiger partial charge in [0.2, 0.25) is 0 Å². The zero-order chi connectivity index (χ0) is 21.1. The van der Waals surface area contributed by atoms with Crippen molar-refractivity contribution in [3.8, 4) is 0 Å². The Bertz CT molecular complexity index is 649. The second-order valence-electron chi connectivity index (χ2n) is 7.77. The van der Waals surface area contributed by atoms with Crippen molar-refractivity contribution in [3.63, 3.8) is 0 Å². The molecule has 0 heterocycles. The van der Waals surface area contributed by atoms with Crippen LogP contribution in [0, 0.1) is 0 Å². The molecule has 1 aliphatic carbocycles. The van der Waals surface area contributed by atoms with E-state index in [0.717, 1.165) is 63.6 Å². The first-order valence-corrected chi connectivity index (χ1v) is 12.7. The van der Waals surface area contributed by atoms with E-state index in [9.17, 15) is 4.21 Å². The Kier molecular flexibility index (Phi) is 13.9. The summed E-state index contributed by atoms with van der Waals surface area (Å²) in [7, 11) is -0.698.